The van der Waals surface area contributed by atoms with Gasteiger partial charge in [-0.25, -0.2) is 9.59 Å². The largest absolute Gasteiger partial charge is 0.511 e. The van der Waals surface area contributed by atoms with Gasteiger partial charge in [-0.1, -0.05) is 0 Å². The first kappa shape index (κ1) is 21.3. The highest BCUT2D eigenvalue weighted by Gasteiger charge is 2.49. The summed E-state index contributed by atoms with van der Waals surface area (Å²) < 4.78 is 24.9. The first-order valence-electron chi connectivity index (χ1n) is 7.74. The number of halogens is 1. The number of unbranched alkanes of at least 4 members (excludes halogenated alkanes) is 1. The normalized spacial score (nSPS) is 22.5. The number of rotatable bonds is 9. The smallest absolute Gasteiger partial charge is 0.494 e. The fourth-order valence-electron chi connectivity index (χ4n) is 2.10. The average molecular weight is 379 g/mol. The average Bonchev–Trinajstić information content (AvgIpc) is 2.58. The third-order valence-electron chi connectivity index (χ3n) is 3.33. The van der Waals surface area contributed by atoms with Crippen molar-refractivity contribution < 1.29 is 38.4 Å². The van der Waals surface area contributed by atoms with E-state index in [4.69, 9.17) is 30.5 Å². The Morgan fingerprint density at radius 1 is 1.28 bits per heavy atom. The van der Waals surface area contributed by atoms with Crippen LogP contribution in [0.25, 0.3) is 0 Å². The maximum Gasteiger partial charge on any atom is 0.511 e. The van der Waals surface area contributed by atoms with Gasteiger partial charge < -0.3 is 28.8 Å². The van der Waals surface area contributed by atoms with Crippen molar-refractivity contribution >= 4 is 23.7 Å². The zero-order chi connectivity index (χ0) is 18.9. The molecular weight excluding hydrogens is 356 g/mol. The topological polar surface area (TPSA) is 101 Å². The van der Waals surface area contributed by atoms with Crippen molar-refractivity contribution in [1.82, 2.24) is 0 Å². The van der Waals surface area contributed by atoms with E-state index in [0.717, 1.165) is 6.42 Å². The monoisotopic (exact) mass is 378 g/mol. The van der Waals surface area contributed by atoms with Gasteiger partial charge in [0.05, 0.1) is 25.9 Å². The molecule has 8 nitrogen and oxygen atoms in total. The van der Waals surface area contributed by atoms with E-state index in [9.17, 15) is 14.7 Å². The quantitative estimate of drug-likeness (QED) is 0.281. The van der Waals surface area contributed by atoms with Gasteiger partial charge in [0, 0.05) is 13.0 Å². The summed E-state index contributed by atoms with van der Waals surface area (Å²) in [4.78, 5) is 23.7. The van der Waals surface area contributed by atoms with Gasteiger partial charge in [-0.15, -0.1) is 11.6 Å². The number of aliphatic hydroxyl groups is 1. The molecule has 9 heteroatoms. The minimum Gasteiger partial charge on any atom is -0.494 e. The van der Waals surface area contributed by atoms with E-state index >= 15 is 0 Å². The van der Waals surface area contributed by atoms with Gasteiger partial charge >= 0.3 is 17.9 Å². The fourth-order valence-corrected chi connectivity index (χ4v) is 2.29. The van der Waals surface area contributed by atoms with E-state index in [-0.39, 0.29) is 24.5 Å². The maximum absolute atomic E-state index is 12.1. The van der Waals surface area contributed by atoms with Gasteiger partial charge in [0.15, 0.2) is 5.76 Å². The number of carbonyl (C=O) groups excluding carboxylic acids is 2. The van der Waals surface area contributed by atoms with Gasteiger partial charge in [-0.05, 0) is 31.9 Å². The molecule has 0 aromatic carbocycles. The van der Waals surface area contributed by atoms with Crippen molar-refractivity contribution in [3.63, 3.8) is 0 Å². The zero-order valence-corrected chi connectivity index (χ0v) is 15.2. The van der Waals surface area contributed by atoms with Gasteiger partial charge in [0.1, 0.15) is 6.10 Å². The van der Waals surface area contributed by atoms with E-state index < -0.39 is 24.0 Å². The molecule has 0 radical (unpaired) electrons. The van der Waals surface area contributed by atoms with E-state index in [2.05, 4.69) is 4.74 Å². The van der Waals surface area contributed by atoms with Crippen LogP contribution in [0.15, 0.2) is 23.5 Å². The number of hydrogen-bond donors (Lipinski definition) is 1. The Balaban J connectivity index is 2.94. The van der Waals surface area contributed by atoms with E-state index in [1.807, 2.05) is 0 Å². The number of esters is 1. The molecular formula is C16H23ClO8. The second-order valence-corrected chi connectivity index (χ2v) is 5.38. The predicted molar refractivity (Wildman–Crippen MR) is 87.9 cm³/mol. The lowest BCUT2D eigenvalue weighted by atomic mass is 9.96. The molecule has 0 amide bonds. The van der Waals surface area contributed by atoms with Crippen molar-refractivity contribution in [3.05, 3.63) is 23.5 Å². The maximum atomic E-state index is 12.1. The minimum atomic E-state index is -2.27. The van der Waals surface area contributed by atoms with Crippen LogP contribution in [-0.4, -0.2) is 62.4 Å². The van der Waals surface area contributed by atoms with E-state index in [1.165, 1.54) is 26.4 Å². The first-order chi connectivity index (χ1) is 11.9. The Morgan fingerprint density at radius 2 is 2.00 bits per heavy atom. The number of ether oxygens (including phenoxy) is 5. The standard InChI is InChI=1S/C16H23ClO8/c1-4-23-15(19)25-16(20)12(21-2)9-11(10-13(16)22-3)14(18)24-8-6-5-7-17/h9-10,12,20H,4-8H2,1-3H3. The van der Waals surface area contributed by atoms with Crippen LogP contribution in [0.5, 0.6) is 0 Å². The molecule has 0 heterocycles. The predicted octanol–water partition coefficient (Wildman–Crippen LogP) is 1.90. The van der Waals surface area contributed by atoms with Gasteiger partial charge in [0.2, 0.25) is 0 Å². The lowest BCUT2D eigenvalue weighted by Crippen LogP contribution is -2.50. The molecule has 2 unspecified atom stereocenters. The SMILES string of the molecule is CCOC(=O)OC1(O)C(OC)=CC(C(=O)OCCCCCl)=CC1OC. The molecule has 142 valence electrons. The Bertz CT molecular complexity index is 530. The molecule has 0 fully saturated rings. The lowest BCUT2D eigenvalue weighted by Gasteiger charge is -2.35. The molecule has 0 saturated carbocycles. The number of hydrogen-bond acceptors (Lipinski definition) is 8. The van der Waals surface area contributed by atoms with Crippen LogP contribution in [0.1, 0.15) is 19.8 Å². The van der Waals surface area contributed by atoms with Crippen molar-refractivity contribution in [2.45, 2.75) is 31.7 Å². The van der Waals surface area contributed by atoms with Gasteiger partial charge in [-0.2, -0.15) is 0 Å². The third-order valence-corrected chi connectivity index (χ3v) is 3.60. The van der Waals surface area contributed by atoms with Crippen molar-refractivity contribution in [3.8, 4) is 0 Å². The highest BCUT2D eigenvalue weighted by Crippen LogP contribution is 2.33. The molecule has 1 aliphatic carbocycles. The summed E-state index contributed by atoms with van der Waals surface area (Å²) in [7, 11) is 2.54. The summed E-state index contributed by atoms with van der Waals surface area (Å²) in [5, 5.41) is 10.7. The number of carbonyl (C=O) groups is 2. The Hall–Kier alpha value is -1.77. The van der Waals surface area contributed by atoms with Crippen LogP contribution in [-0.2, 0) is 28.5 Å². The van der Waals surface area contributed by atoms with Crippen LogP contribution in [0, 0.1) is 0 Å². The molecule has 1 aliphatic rings. The number of alkyl halides is 1. The Kier molecular flexibility index (Phi) is 8.74. The lowest BCUT2D eigenvalue weighted by molar-refractivity contribution is -0.221. The second kappa shape index (κ2) is 10.3. The summed E-state index contributed by atoms with van der Waals surface area (Å²) in [6, 6.07) is 0. The minimum absolute atomic E-state index is 0.0638. The van der Waals surface area contributed by atoms with Gasteiger partial charge in [0.25, 0.3) is 0 Å². The van der Waals surface area contributed by atoms with Crippen LogP contribution in [0.2, 0.25) is 0 Å². The molecule has 2 atom stereocenters. The number of methoxy groups -OCH3 is 2. The highest BCUT2D eigenvalue weighted by atomic mass is 35.5. The molecule has 0 saturated heterocycles. The third kappa shape index (κ3) is 5.62. The summed E-state index contributed by atoms with van der Waals surface area (Å²) in [6.07, 6.45) is 1.57. The van der Waals surface area contributed by atoms with E-state index in [1.54, 1.807) is 6.92 Å². The molecule has 1 N–H and O–H groups in total. The first-order valence-corrected chi connectivity index (χ1v) is 8.28. The Morgan fingerprint density at radius 3 is 2.56 bits per heavy atom. The van der Waals surface area contributed by atoms with Gasteiger partial charge in [-0.3, -0.25) is 0 Å². The summed E-state index contributed by atoms with van der Waals surface area (Å²) in [6.45, 7) is 1.86. The van der Waals surface area contributed by atoms with Crippen LogP contribution < -0.4 is 0 Å². The molecule has 0 spiro atoms. The highest BCUT2D eigenvalue weighted by molar-refractivity contribution is 6.17. The van der Waals surface area contributed by atoms with Crippen molar-refractivity contribution in [1.29, 1.82) is 0 Å². The Labute approximate surface area is 151 Å². The van der Waals surface area contributed by atoms with Crippen molar-refractivity contribution in [2.24, 2.45) is 0 Å². The molecule has 0 aliphatic heterocycles. The fraction of sp³-hybridized carbons (Fsp3) is 0.625. The second-order valence-electron chi connectivity index (χ2n) is 5.00. The van der Waals surface area contributed by atoms with Crippen LogP contribution in [0.3, 0.4) is 0 Å². The van der Waals surface area contributed by atoms with Crippen molar-refractivity contribution in [2.75, 3.05) is 33.3 Å². The summed E-state index contributed by atoms with van der Waals surface area (Å²) in [5.74, 6) is -2.59. The molecule has 25 heavy (non-hydrogen) atoms. The summed E-state index contributed by atoms with van der Waals surface area (Å²) >= 11 is 5.56. The van der Waals surface area contributed by atoms with Crippen LogP contribution >= 0.6 is 11.6 Å². The summed E-state index contributed by atoms with van der Waals surface area (Å²) in [5.41, 5.74) is 0.103. The molecule has 0 bridgehead atoms. The van der Waals surface area contributed by atoms with E-state index in [0.29, 0.717) is 12.3 Å². The zero-order valence-electron chi connectivity index (χ0n) is 14.5. The molecule has 0 aromatic rings. The van der Waals surface area contributed by atoms with Crippen LogP contribution in [0.4, 0.5) is 4.79 Å². The molecule has 0 aromatic heterocycles. The molecule has 1 rings (SSSR count).